The molecular formula is C15H22BrNO. The second kappa shape index (κ2) is 8.33. The molecule has 1 aromatic carbocycles. The summed E-state index contributed by atoms with van der Waals surface area (Å²) < 4.78 is 6.90. The first kappa shape index (κ1) is 15.3. The van der Waals surface area contributed by atoms with E-state index in [1.807, 2.05) is 18.2 Å². The molecule has 0 aromatic heterocycles. The van der Waals surface area contributed by atoms with Crippen LogP contribution in [0.1, 0.15) is 32.3 Å². The molecule has 0 bridgehead atoms. The number of nitrogens with one attached hydrogen (secondary N) is 1. The van der Waals surface area contributed by atoms with Crippen molar-refractivity contribution in [2.75, 3.05) is 6.61 Å². The Bertz CT molecular complexity index is 377. The average molecular weight is 312 g/mol. The molecule has 0 spiro atoms. The van der Waals surface area contributed by atoms with Crippen LogP contribution in [-0.4, -0.2) is 12.6 Å². The molecule has 0 aliphatic heterocycles. The molecule has 0 amide bonds. The monoisotopic (exact) mass is 311 g/mol. The van der Waals surface area contributed by atoms with Crippen LogP contribution in [0.25, 0.3) is 0 Å². The Balaban J connectivity index is 2.60. The van der Waals surface area contributed by atoms with Crippen LogP contribution in [0.5, 0.6) is 5.75 Å². The van der Waals surface area contributed by atoms with E-state index in [1.165, 1.54) is 5.56 Å². The molecule has 1 rings (SSSR count). The second-order valence-corrected chi connectivity index (χ2v) is 5.48. The molecule has 0 aliphatic carbocycles. The maximum atomic E-state index is 5.82. The largest absolute Gasteiger partial charge is 0.493 e. The number of hydrogen-bond acceptors (Lipinski definition) is 2. The summed E-state index contributed by atoms with van der Waals surface area (Å²) in [6.45, 7) is 9.56. The highest BCUT2D eigenvalue weighted by atomic mass is 79.9. The molecule has 0 heterocycles. The quantitative estimate of drug-likeness (QED) is 0.571. The summed E-state index contributed by atoms with van der Waals surface area (Å²) >= 11 is 3.50. The fraction of sp³-hybridized carbons (Fsp3) is 0.467. The van der Waals surface area contributed by atoms with Gasteiger partial charge in [0, 0.05) is 22.6 Å². The smallest absolute Gasteiger partial charge is 0.123 e. The van der Waals surface area contributed by atoms with E-state index in [4.69, 9.17) is 4.74 Å². The first-order chi connectivity index (χ1) is 8.63. The van der Waals surface area contributed by atoms with Gasteiger partial charge in [0.25, 0.3) is 0 Å². The Kier molecular flexibility index (Phi) is 7.06. The zero-order valence-electron chi connectivity index (χ0n) is 11.2. The highest BCUT2D eigenvalue weighted by molar-refractivity contribution is 9.10. The van der Waals surface area contributed by atoms with Gasteiger partial charge in [0.1, 0.15) is 5.75 Å². The van der Waals surface area contributed by atoms with Gasteiger partial charge in [0.2, 0.25) is 0 Å². The maximum absolute atomic E-state index is 5.82. The van der Waals surface area contributed by atoms with Crippen LogP contribution >= 0.6 is 15.9 Å². The molecule has 1 N–H and O–H groups in total. The summed E-state index contributed by atoms with van der Waals surface area (Å²) in [5.41, 5.74) is 1.19. The van der Waals surface area contributed by atoms with Crippen LogP contribution < -0.4 is 10.1 Å². The van der Waals surface area contributed by atoms with E-state index in [9.17, 15) is 0 Å². The summed E-state index contributed by atoms with van der Waals surface area (Å²) in [7, 11) is 0. The van der Waals surface area contributed by atoms with Gasteiger partial charge in [-0.15, -0.1) is 6.58 Å². The predicted molar refractivity (Wildman–Crippen MR) is 81.0 cm³/mol. The lowest BCUT2D eigenvalue weighted by Gasteiger charge is -2.14. The number of ether oxygens (including phenoxy) is 1. The number of halogens is 1. The van der Waals surface area contributed by atoms with Gasteiger partial charge in [-0.25, -0.2) is 0 Å². The predicted octanol–water partition coefficient (Wildman–Crippen LogP) is 4.29. The molecular weight excluding hydrogens is 290 g/mol. The number of unbranched alkanes of at least 4 members (excludes halogenated alkanes) is 1. The molecule has 18 heavy (non-hydrogen) atoms. The Morgan fingerprint density at radius 2 is 2.22 bits per heavy atom. The van der Waals surface area contributed by atoms with Crippen LogP contribution in [0.4, 0.5) is 0 Å². The highest BCUT2D eigenvalue weighted by Gasteiger charge is 2.05. The molecule has 2 nitrogen and oxygen atoms in total. The van der Waals surface area contributed by atoms with E-state index in [0.717, 1.165) is 36.2 Å². The summed E-state index contributed by atoms with van der Waals surface area (Å²) in [6.07, 6.45) is 3.93. The van der Waals surface area contributed by atoms with Gasteiger partial charge in [-0.05, 0) is 31.0 Å². The molecule has 0 saturated carbocycles. The standard InChI is InChI=1S/C15H22BrNO/c1-4-5-6-9-18-15-8-7-14(16)10-13(15)11-17-12(2)3/h4,7-8,10,12,17H,1,5-6,9,11H2,2-3H3. The molecule has 3 heteroatoms. The zero-order chi connectivity index (χ0) is 13.4. The topological polar surface area (TPSA) is 21.3 Å². The van der Waals surface area contributed by atoms with Crippen molar-refractivity contribution in [3.8, 4) is 5.75 Å². The van der Waals surface area contributed by atoms with Crippen molar-refractivity contribution < 1.29 is 4.74 Å². The summed E-state index contributed by atoms with van der Waals surface area (Å²) in [6, 6.07) is 6.62. The third kappa shape index (κ3) is 5.69. The highest BCUT2D eigenvalue weighted by Crippen LogP contribution is 2.23. The van der Waals surface area contributed by atoms with E-state index in [1.54, 1.807) is 0 Å². The van der Waals surface area contributed by atoms with Crippen LogP contribution in [0.2, 0.25) is 0 Å². The molecule has 0 saturated heterocycles. The molecule has 0 aliphatic rings. The average Bonchev–Trinajstić information content (AvgIpc) is 2.34. The summed E-state index contributed by atoms with van der Waals surface area (Å²) in [5.74, 6) is 0.968. The first-order valence-corrected chi connectivity index (χ1v) is 7.18. The van der Waals surface area contributed by atoms with Gasteiger partial charge in [-0.1, -0.05) is 35.9 Å². The molecule has 0 atom stereocenters. The van der Waals surface area contributed by atoms with Gasteiger partial charge in [0.05, 0.1) is 6.61 Å². The van der Waals surface area contributed by atoms with Crippen LogP contribution in [0.3, 0.4) is 0 Å². The van der Waals surface area contributed by atoms with E-state index >= 15 is 0 Å². The van der Waals surface area contributed by atoms with Gasteiger partial charge < -0.3 is 10.1 Å². The van der Waals surface area contributed by atoms with Gasteiger partial charge in [0.15, 0.2) is 0 Å². The SMILES string of the molecule is C=CCCCOc1ccc(Br)cc1CNC(C)C. The minimum absolute atomic E-state index is 0.470. The van der Waals surface area contributed by atoms with Crippen LogP contribution in [-0.2, 0) is 6.54 Å². The minimum Gasteiger partial charge on any atom is -0.493 e. The van der Waals surface area contributed by atoms with Crippen molar-refractivity contribution in [2.45, 2.75) is 39.3 Å². The lowest BCUT2D eigenvalue weighted by molar-refractivity contribution is 0.308. The summed E-state index contributed by atoms with van der Waals surface area (Å²) in [4.78, 5) is 0. The Labute approximate surface area is 119 Å². The summed E-state index contributed by atoms with van der Waals surface area (Å²) in [5, 5.41) is 3.41. The van der Waals surface area contributed by atoms with E-state index in [0.29, 0.717) is 6.04 Å². The van der Waals surface area contributed by atoms with Crippen molar-refractivity contribution in [1.82, 2.24) is 5.32 Å². The molecule has 100 valence electrons. The lowest BCUT2D eigenvalue weighted by Crippen LogP contribution is -2.22. The molecule has 0 fully saturated rings. The Morgan fingerprint density at radius 3 is 2.89 bits per heavy atom. The van der Waals surface area contributed by atoms with E-state index in [-0.39, 0.29) is 0 Å². The molecule has 0 unspecified atom stereocenters. The van der Waals surface area contributed by atoms with Crippen molar-refractivity contribution in [3.63, 3.8) is 0 Å². The van der Waals surface area contributed by atoms with Gasteiger partial charge in [-0.3, -0.25) is 0 Å². The third-order valence-electron chi connectivity index (χ3n) is 2.53. The first-order valence-electron chi connectivity index (χ1n) is 6.39. The lowest BCUT2D eigenvalue weighted by atomic mass is 10.2. The maximum Gasteiger partial charge on any atom is 0.123 e. The number of hydrogen-bond donors (Lipinski definition) is 1. The Hall–Kier alpha value is -0.800. The van der Waals surface area contributed by atoms with Crippen molar-refractivity contribution in [2.24, 2.45) is 0 Å². The van der Waals surface area contributed by atoms with Crippen LogP contribution in [0.15, 0.2) is 35.3 Å². The minimum atomic E-state index is 0.470. The van der Waals surface area contributed by atoms with E-state index < -0.39 is 0 Å². The third-order valence-corrected chi connectivity index (χ3v) is 3.03. The second-order valence-electron chi connectivity index (χ2n) is 4.57. The zero-order valence-corrected chi connectivity index (χ0v) is 12.8. The molecule has 1 aromatic rings. The fourth-order valence-electron chi connectivity index (χ4n) is 1.55. The number of allylic oxidation sites excluding steroid dienone is 1. The van der Waals surface area contributed by atoms with Crippen molar-refractivity contribution >= 4 is 15.9 Å². The fourth-order valence-corrected chi connectivity index (χ4v) is 1.96. The Morgan fingerprint density at radius 1 is 1.44 bits per heavy atom. The van der Waals surface area contributed by atoms with Gasteiger partial charge >= 0.3 is 0 Å². The van der Waals surface area contributed by atoms with Crippen LogP contribution in [0, 0.1) is 0 Å². The number of rotatable bonds is 8. The van der Waals surface area contributed by atoms with Crippen molar-refractivity contribution in [3.05, 3.63) is 40.9 Å². The van der Waals surface area contributed by atoms with Gasteiger partial charge in [-0.2, -0.15) is 0 Å². The van der Waals surface area contributed by atoms with E-state index in [2.05, 4.69) is 47.7 Å². The van der Waals surface area contributed by atoms with Crippen molar-refractivity contribution in [1.29, 1.82) is 0 Å². The molecule has 0 radical (unpaired) electrons. The number of benzene rings is 1. The normalized spacial score (nSPS) is 10.7.